The minimum atomic E-state index is 0.481. The van der Waals surface area contributed by atoms with Crippen LogP contribution >= 0.6 is 0 Å². The average molecular weight is 189 g/mol. The van der Waals surface area contributed by atoms with E-state index in [1.165, 1.54) is 32.1 Å². The first-order chi connectivity index (χ1) is 6.41. The lowest BCUT2D eigenvalue weighted by Gasteiger charge is -2.00. The Morgan fingerprint density at radius 3 is 2.54 bits per heavy atom. The van der Waals surface area contributed by atoms with E-state index in [9.17, 15) is 0 Å². The Bertz CT molecular complexity index is 76.2. The first kappa shape index (κ1) is 12.9. The molecule has 0 aliphatic heterocycles. The maximum absolute atomic E-state index is 7.84. The van der Waals surface area contributed by atoms with Crippen LogP contribution in [0, 0.1) is 6.42 Å². The lowest BCUT2D eigenvalue weighted by Crippen LogP contribution is -1.92. The van der Waals surface area contributed by atoms with E-state index < -0.39 is 0 Å². The smallest absolute Gasteiger partial charge is 0.0853 e. The van der Waals surface area contributed by atoms with Gasteiger partial charge in [-0.05, 0) is 12.8 Å². The Balaban J connectivity index is 2.76. The van der Waals surface area contributed by atoms with Gasteiger partial charge in [0.1, 0.15) is 0 Å². The summed E-state index contributed by atoms with van der Waals surface area (Å²) in [7, 11) is 0. The summed E-state index contributed by atoms with van der Waals surface area (Å²) < 4.78 is 0. The molecule has 13 heavy (non-hydrogen) atoms. The summed E-state index contributed by atoms with van der Waals surface area (Å²) in [6, 6.07) is 0. The van der Waals surface area contributed by atoms with Crippen molar-refractivity contribution in [2.75, 3.05) is 6.61 Å². The van der Waals surface area contributed by atoms with Crippen LogP contribution in [-0.4, -0.2) is 11.9 Å². The summed E-state index contributed by atoms with van der Waals surface area (Å²) in [6.07, 6.45) is 10.7. The molecule has 0 aromatic heterocycles. The minimum absolute atomic E-state index is 0.481. The van der Waals surface area contributed by atoms with Crippen molar-refractivity contribution in [1.82, 2.24) is 0 Å². The van der Waals surface area contributed by atoms with Gasteiger partial charge in [-0.3, -0.25) is 0 Å². The second-order valence-electron chi connectivity index (χ2n) is 3.18. The summed E-state index contributed by atoms with van der Waals surface area (Å²) in [4.78, 5) is 4.33. The highest BCUT2D eigenvalue weighted by Crippen LogP contribution is 2.07. The monoisotopic (exact) mass is 189 g/mol. The highest BCUT2D eigenvalue weighted by Gasteiger charge is 1.91. The van der Waals surface area contributed by atoms with Gasteiger partial charge in [-0.2, -0.15) is 0 Å². The predicted molar refractivity (Wildman–Crippen MR) is 52.0 cm³/mol. The van der Waals surface area contributed by atoms with E-state index in [1.54, 1.807) is 0 Å². The van der Waals surface area contributed by atoms with Crippen molar-refractivity contribution < 1.29 is 15.2 Å². The molecule has 0 saturated heterocycles. The number of hydrogen-bond donors (Lipinski definition) is 1. The lowest BCUT2D eigenvalue weighted by molar-refractivity contribution is -0.490. The molecule has 3 nitrogen and oxygen atoms in total. The van der Waals surface area contributed by atoms with Gasteiger partial charge in [0.05, 0.1) is 6.61 Å². The summed E-state index contributed by atoms with van der Waals surface area (Å²) >= 11 is 0. The molecule has 0 rings (SSSR count). The molecule has 3 heteroatoms. The van der Waals surface area contributed by atoms with Crippen molar-refractivity contribution >= 4 is 0 Å². The Morgan fingerprint density at radius 2 is 1.85 bits per heavy atom. The topological polar surface area (TPSA) is 38.7 Å². The summed E-state index contributed by atoms with van der Waals surface area (Å²) in [5.74, 6) is 0. The fourth-order valence-corrected chi connectivity index (χ4v) is 1.19. The molecular weight excluding hydrogens is 168 g/mol. The third-order valence-electron chi connectivity index (χ3n) is 1.93. The van der Waals surface area contributed by atoms with Gasteiger partial charge in [-0.1, -0.05) is 50.5 Å². The third-order valence-corrected chi connectivity index (χ3v) is 1.93. The average Bonchev–Trinajstić information content (AvgIpc) is 2.16. The van der Waals surface area contributed by atoms with Gasteiger partial charge < -0.3 is 0 Å². The molecule has 0 heterocycles. The van der Waals surface area contributed by atoms with Crippen LogP contribution in [0.25, 0.3) is 0 Å². The Hall–Kier alpha value is -0.120. The normalized spacial score (nSPS) is 10.6. The molecule has 0 aromatic rings. The van der Waals surface area contributed by atoms with Gasteiger partial charge in [-0.25, -0.2) is 10.1 Å². The van der Waals surface area contributed by atoms with E-state index in [4.69, 9.17) is 5.26 Å². The van der Waals surface area contributed by atoms with E-state index in [0.29, 0.717) is 6.61 Å². The molecular formula is C10H21O3. The van der Waals surface area contributed by atoms with Crippen molar-refractivity contribution in [3.63, 3.8) is 0 Å². The molecule has 0 atom stereocenters. The molecule has 79 valence electrons. The number of rotatable bonds is 10. The molecule has 1 N–H and O–H groups in total. The van der Waals surface area contributed by atoms with Crippen molar-refractivity contribution in [3.05, 3.63) is 6.42 Å². The highest BCUT2D eigenvalue weighted by molar-refractivity contribution is 4.62. The lowest BCUT2D eigenvalue weighted by atomic mass is 10.1. The Kier molecular flexibility index (Phi) is 11.8. The molecule has 0 saturated carbocycles. The maximum atomic E-state index is 7.84. The predicted octanol–water partition coefficient (Wildman–Crippen LogP) is 3.36. The van der Waals surface area contributed by atoms with Gasteiger partial charge in [0.25, 0.3) is 0 Å². The summed E-state index contributed by atoms with van der Waals surface area (Å²) in [5, 5.41) is 11.3. The standard InChI is InChI=1S/C10H21O3/c1-2-3-4-5-6-7-8-9-10-12-13-11/h4,11H,2-3,5-10H2,1H3. The van der Waals surface area contributed by atoms with Gasteiger partial charge >= 0.3 is 0 Å². The van der Waals surface area contributed by atoms with Gasteiger partial charge in [0.2, 0.25) is 0 Å². The van der Waals surface area contributed by atoms with Crippen LogP contribution in [0.1, 0.15) is 51.9 Å². The third kappa shape index (κ3) is 11.9. The molecule has 0 fully saturated rings. The summed E-state index contributed by atoms with van der Waals surface area (Å²) in [6.45, 7) is 2.68. The molecule has 0 unspecified atom stereocenters. The van der Waals surface area contributed by atoms with Crippen molar-refractivity contribution in [1.29, 1.82) is 0 Å². The molecule has 1 radical (unpaired) electrons. The minimum Gasteiger partial charge on any atom is -0.221 e. The molecule has 0 bridgehead atoms. The van der Waals surface area contributed by atoms with Gasteiger partial charge in [0, 0.05) is 0 Å². The summed E-state index contributed by atoms with van der Waals surface area (Å²) in [5.41, 5.74) is 0. The molecule has 0 aliphatic carbocycles. The molecule has 0 aliphatic rings. The fourth-order valence-electron chi connectivity index (χ4n) is 1.19. The van der Waals surface area contributed by atoms with Crippen LogP contribution in [0.5, 0.6) is 0 Å². The van der Waals surface area contributed by atoms with Crippen molar-refractivity contribution in [3.8, 4) is 0 Å². The van der Waals surface area contributed by atoms with Crippen LogP contribution in [0.3, 0.4) is 0 Å². The number of hydrogen-bond acceptors (Lipinski definition) is 3. The van der Waals surface area contributed by atoms with E-state index in [2.05, 4.69) is 23.3 Å². The second kappa shape index (κ2) is 11.9. The Morgan fingerprint density at radius 1 is 1.08 bits per heavy atom. The fraction of sp³-hybridized carbons (Fsp3) is 0.900. The van der Waals surface area contributed by atoms with E-state index in [-0.39, 0.29) is 0 Å². The quantitative estimate of drug-likeness (QED) is 0.325. The molecule has 0 aromatic carbocycles. The van der Waals surface area contributed by atoms with E-state index >= 15 is 0 Å². The van der Waals surface area contributed by atoms with Crippen molar-refractivity contribution in [2.45, 2.75) is 51.9 Å². The largest absolute Gasteiger partial charge is 0.221 e. The van der Waals surface area contributed by atoms with Crippen LogP contribution in [0.15, 0.2) is 0 Å². The second-order valence-corrected chi connectivity index (χ2v) is 3.18. The first-order valence-electron chi connectivity index (χ1n) is 5.16. The zero-order chi connectivity index (χ0) is 9.78. The van der Waals surface area contributed by atoms with Gasteiger partial charge in [-0.15, -0.1) is 0 Å². The van der Waals surface area contributed by atoms with Crippen LogP contribution in [0.2, 0.25) is 0 Å². The first-order valence-corrected chi connectivity index (χ1v) is 5.16. The molecule has 0 spiro atoms. The van der Waals surface area contributed by atoms with Crippen LogP contribution < -0.4 is 0 Å². The maximum Gasteiger partial charge on any atom is 0.0853 e. The molecule has 0 amide bonds. The zero-order valence-corrected chi connectivity index (χ0v) is 8.50. The van der Waals surface area contributed by atoms with Crippen LogP contribution in [0.4, 0.5) is 0 Å². The zero-order valence-electron chi connectivity index (χ0n) is 8.50. The Labute approximate surface area is 80.9 Å². The van der Waals surface area contributed by atoms with Crippen LogP contribution in [-0.2, 0) is 9.93 Å². The van der Waals surface area contributed by atoms with E-state index in [0.717, 1.165) is 12.8 Å². The van der Waals surface area contributed by atoms with Crippen molar-refractivity contribution in [2.24, 2.45) is 0 Å². The van der Waals surface area contributed by atoms with E-state index in [1.807, 2.05) is 0 Å². The van der Waals surface area contributed by atoms with Gasteiger partial charge in [0.15, 0.2) is 0 Å². The number of unbranched alkanes of at least 4 members (excludes halogenated alkanes) is 7. The highest BCUT2D eigenvalue weighted by atomic mass is 17.5. The SMILES string of the molecule is CCC[CH]CCCCCCOOO.